The monoisotopic (exact) mass is 594 g/mol. The molecule has 0 fully saturated rings. The van der Waals surface area contributed by atoms with Crippen LogP contribution in [0.15, 0.2) is 89.5 Å². The van der Waals surface area contributed by atoms with Crippen molar-refractivity contribution in [3.05, 3.63) is 101 Å². The van der Waals surface area contributed by atoms with Gasteiger partial charge in [0.05, 0.1) is 11.4 Å². The Labute approximate surface area is 260 Å². The van der Waals surface area contributed by atoms with Crippen LogP contribution in [-0.2, 0) is 9.53 Å². The summed E-state index contributed by atoms with van der Waals surface area (Å²) in [5.41, 5.74) is 3.74. The summed E-state index contributed by atoms with van der Waals surface area (Å²) in [4.78, 5) is 16.5. The number of thioether (sulfide) groups is 1. The van der Waals surface area contributed by atoms with Crippen LogP contribution < -0.4 is 10.6 Å². The van der Waals surface area contributed by atoms with E-state index in [-0.39, 0.29) is 5.91 Å². The zero-order valence-corrected chi connectivity index (χ0v) is 28.1. The predicted molar refractivity (Wildman–Crippen MR) is 187 cm³/mol. The maximum absolute atomic E-state index is 11.1. The molecule has 0 aliphatic heterocycles. The third-order valence-electron chi connectivity index (χ3n) is 5.28. The van der Waals surface area contributed by atoms with Crippen molar-refractivity contribution in [1.82, 2.24) is 10.3 Å². The van der Waals surface area contributed by atoms with Crippen LogP contribution in [0.2, 0.25) is 0 Å². The van der Waals surface area contributed by atoms with Crippen molar-refractivity contribution in [3.8, 4) is 0 Å². The molecule has 0 bridgehead atoms. The minimum atomic E-state index is -0.0415. The summed E-state index contributed by atoms with van der Waals surface area (Å²) < 4.78 is 5.59. The van der Waals surface area contributed by atoms with Crippen LogP contribution in [-0.4, -0.2) is 43.2 Å². The molecule has 0 atom stereocenters. The molecule has 1 aromatic heterocycles. The fourth-order valence-electron chi connectivity index (χ4n) is 2.99. The van der Waals surface area contributed by atoms with Gasteiger partial charge in [-0.15, -0.1) is 11.8 Å². The molecule has 3 N–H and O–H groups in total. The molecule has 42 heavy (non-hydrogen) atoms. The van der Waals surface area contributed by atoms with Gasteiger partial charge >= 0.3 is 0 Å². The Bertz CT molecular complexity index is 1090. The fraction of sp³-hybridized carbons (Fsp3) is 0.400. The Kier molecular flexibility index (Phi) is 28.2. The maximum atomic E-state index is 11.1. The average Bonchev–Trinajstić information content (AvgIpc) is 3.05. The first kappa shape index (κ1) is 40.7. The van der Waals surface area contributed by atoms with E-state index in [0.29, 0.717) is 18.0 Å². The SMILES string of the molecule is CC.CC.CCCCCOCNc1ccccc1C(=N)/C=C/c1ccccn1.CNC(=O)/C(C)=C/C=C\C=C(/C)SC. The van der Waals surface area contributed by atoms with Crippen molar-refractivity contribution in [2.45, 2.75) is 67.7 Å². The number of para-hydroxylation sites is 1. The number of unbranched alkanes of at least 4 members (excludes halogenated alkanes) is 2. The van der Waals surface area contributed by atoms with Gasteiger partial charge in [-0.3, -0.25) is 9.78 Å². The number of carbonyl (C=O) groups excluding carboxylic acids is 1. The number of anilines is 1. The van der Waals surface area contributed by atoms with E-state index in [2.05, 4.69) is 22.5 Å². The van der Waals surface area contributed by atoms with Crippen LogP contribution >= 0.6 is 11.8 Å². The van der Waals surface area contributed by atoms with Crippen LogP contribution in [0.3, 0.4) is 0 Å². The van der Waals surface area contributed by atoms with E-state index in [1.165, 1.54) is 17.7 Å². The minimum Gasteiger partial charge on any atom is -0.362 e. The van der Waals surface area contributed by atoms with E-state index in [4.69, 9.17) is 10.1 Å². The first-order valence-electron chi connectivity index (χ1n) is 14.8. The zero-order valence-electron chi connectivity index (χ0n) is 27.3. The lowest BCUT2D eigenvalue weighted by molar-refractivity contribution is -0.116. The Morgan fingerprint density at radius 2 is 1.67 bits per heavy atom. The molecule has 0 unspecified atom stereocenters. The Morgan fingerprint density at radius 3 is 2.29 bits per heavy atom. The standard InChI is InChI=1S/C20H25N3O.C11H17NOS.2C2H6/c1-2-3-8-15-24-16-23-20-11-5-4-10-18(20)19(21)13-12-17-9-6-7-14-22-17;1-9(11(13)12-3)7-5-6-8-10(2)14-4;2*1-2/h4-7,9-14,21,23H,2-3,8,15-16H2,1H3;5-8H,1-4H3,(H,12,13);2*1-2H3/b13-12+,21-19?;6-5-,9-7+,10-8+;;. The van der Waals surface area contributed by atoms with Crippen LogP contribution in [0.25, 0.3) is 6.08 Å². The highest BCUT2D eigenvalue weighted by molar-refractivity contribution is 8.02. The van der Waals surface area contributed by atoms with Crippen LogP contribution in [0.1, 0.15) is 79.0 Å². The molecule has 0 saturated carbocycles. The molecule has 6 nitrogen and oxygen atoms in total. The molecule has 0 radical (unpaired) electrons. The molecule has 232 valence electrons. The molecule has 2 rings (SSSR count). The number of carbonyl (C=O) groups is 1. The molecule has 1 heterocycles. The third kappa shape index (κ3) is 20.5. The predicted octanol–water partition coefficient (Wildman–Crippen LogP) is 9.29. The molecule has 2 aromatic rings. The number of nitrogens with one attached hydrogen (secondary N) is 3. The van der Waals surface area contributed by atoms with Crippen molar-refractivity contribution in [3.63, 3.8) is 0 Å². The molecule has 0 aliphatic rings. The topological polar surface area (TPSA) is 87.1 Å². The van der Waals surface area contributed by atoms with E-state index < -0.39 is 0 Å². The molecule has 0 aliphatic carbocycles. The van der Waals surface area contributed by atoms with Gasteiger partial charge in [-0.1, -0.05) is 96.0 Å². The number of aromatic nitrogens is 1. The second-order valence-corrected chi connectivity index (χ2v) is 9.33. The third-order valence-corrected chi connectivity index (χ3v) is 6.06. The summed E-state index contributed by atoms with van der Waals surface area (Å²) in [5, 5.41) is 14.1. The summed E-state index contributed by atoms with van der Waals surface area (Å²) in [6.45, 7) is 15.2. The number of likely N-dealkylation sites (N-methyl/N-ethyl adjacent to an activating group) is 1. The zero-order chi connectivity index (χ0) is 32.0. The molecule has 1 amide bonds. The number of hydrogen-bond donors (Lipinski definition) is 3. The summed E-state index contributed by atoms with van der Waals surface area (Å²) >= 11 is 1.70. The van der Waals surface area contributed by atoms with Crippen molar-refractivity contribution < 1.29 is 9.53 Å². The van der Waals surface area contributed by atoms with Crippen LogP contribution in [0.5, 0.6) is 0 Å². The van der Waals surface area contributed by atoms with Gasteiger partial charge in [0.2, 0.25) is 5.91 Å². The van der Waals surface area contributed by atoms with Gasteiger partial charge in [-0.2, -0.15) is 0 Å². The number of rotatable bonds is 14. The minimum absolute atomic E-state index is 0.0415. The van der Waals surface area contributed by atoms with Crippen molar-refractivity contribution in [2.75, 3.05) is 32.0 Å². The number of benzene rings is 1. The molecule has 7 heteroatoms. The van der Waals surface area contributed by atoms with Crippen molar-refractivity contribution in [1.29, 1.82) is 5.41 Å². The first-order valence-corrected chi connectivity index (χ1v) is 16.0. The Morgan fingerprint density at radius 1 is 1.00 bits per heavy atom. The van der Waals surface area contributed by atoms with Crippen molar-refractivity contribution in [2.24, 2.45) is 0 Å². The number of ether oxygens (including phenoxy) is 1. The number of allylic oxidation sites excluding steroid dienone is 6. The lowest BCUT2D eigenvalue weighted by atomic mass is 10.1. The van der Waals surface area contributed by atoms with E-state index in [0.717, 1.165) is 30.0 Å². The molecular weight excluding hydrogens is 540 g/mol. The van der Waals surface area contributed by atoms with Gasteiger partial charge in [0, 0.05) is 36.7 Å². The number of amides is 1. The van der Waals surface area contributed by atoms with E-state index in [1.807, 2.05) is 108 Å². The fourth-order valence-corrected chi connectivity index (χ4v) is 3.21. The van der Waals surface area contributed by atoms with E-state index in [9.17, 15) is 4.79 Å². The summed E-state index contributed by atoms with van der Waals surface area (Å²) in [7, 11) is 1.63. The highest BCUT2D eigenvalue weighted by atomic mass is 32.2. The van der Waals surface area contributed by atoms with Gasteiger partial charge in [-0.05, 0) is 61.8 Å². The normalized spacial score (nSPS) is 11.0. The number of hydrogen-bond acceptors (Lipinski definition) is 6. The Hall–Kier alpha value is -3.42. The van der Waals surface area contributed by atoms with Gasteiger partial charge in [-0.25, -0.2) is 0 Å². The second-order valence-electron chi connectivity index (χ2n) is 8.28. The second kappa shape index (κ2) is 29.1. The van der Waals surface area contributed by atoms with Crippen LogP contribution in [0.4, 0.5) is 5.69 Å². The van der Waals surface area contributed by atoms with E-state index in [1.54, 1.807) is 44.1 Å². The lowest BCUT2D eigenvalue weighted by Crippen LogP contribution is -2.18. The highest BCUT2D eigenvalue weighted by Crippen LogP contribution is 2.16. The molecular formula is C35H54N4O2S. The number of nitrogens with zero attached hydrogens (tertiary/aromatic N) is 1. The van der Waals surface area contributed by atoms with Gasteiger partial charge < -0.3 is 20.8 Å². The van der Waals surface area contributed by atoms with Gasteiger partial charge in [0.25, 0.3) is 0 Å². The van der Waals surface area contributed by atoms with Crippen molar-refractivity contribution >= 4 is 35.1 Å². The summed E-state index contributed by atoms with van der Waals surface area (Å²) in [5.74, 6) is -0.0415. The first-order chi connectivity index (χ1) is 20.4. The largest absolute Gasteiger partial charge is 0.362 e. The van der Waals surface area contributed by atoms with E-state index >= 15 is 0 Å². The van der Waals surface area contributed by atoms with Gasteiger partial charge in [0.15, 0.2) is 0 Å². The average molecular weight is 595 g/mol. The Balaban J connectivity index is 0. The quantitative estimate of drug-likeness (QED) is 0.0667. The maximum Gasteiger partial charge on any atom is 0.246 e. The van der Waals surface area contributed by atoms with Crippen LogP contribution in [0, 0.1) is 5.41 Å². The lowest BCUT2D eigenvalue weighted by Gasteiger charge is -2.11. The molecule has 1 aromatic carbocycles. The number of pyridine rings is 1. The highest BCUT2D eigenvalue weighted by Gasteiger charge is 2.04. The summed E-state index contributed by atoms with van der Waals surface area (Å²) in [6.07, 6.45) is 18.5. The molecule has 0 spiro atoms. The molecule has 0 saturated heterocycles. The smallest absolute Gasteiger partial charge is 0.246 e. The van der Waals surface area contributed by atoms with Gasteiger partial charge in [0.1, 0.15) is 6.73 Å². The summed E-state index contributed by atoms with van der Waals surface area (Å²) in [6, 6.07) is 13.5.